The van der Waals surface area contributed by atoms with E-state index in [2.05, 4.69) is 15.9 Å². The lowest BCUT2D eigenvalue weighted by Gasteiger charge is -2.19. The SMILES string of the molecule is COC(=O)C1=C(C)N(CC(C)C)C(=O)/C1=C\c1ccc(Br)cc1. The van der Waals surface area contributed by atoms with Crippen molar-refractivity contribution in [3.8, 4) is 0 Å². The summed E-state index contributed by atoms with van der Waals surface area (Å²) in [4.78, 5) is 26.6. The Kier molecular flexibility index (Phi) is 5.42. The van der Waals surface area contributed by atoms with Crippen LogP contribution in [0.25, 0.3) is 6.08 Å². The zero-order valence-electron chi connectivity index (χ0n) is 13.7. The number of esters is 1. The number of carbonyl (C=O) groups is 2. The van der Waals surface area contributed by atoms with Crippen molar-refractivity contribution in [1.29, 1.82) is 0 Å². The minimum atomic E-state index is -0.481. The van der Waals surface area contributed by atoms with Crippen molar-refractivity contribution in [3.05, 3.63) is 51.1 Å². The van der Waals surface area contributed by atoms with E-state index in [0.717, 1.165) is 10.0 Å². The summed E-state index contributed by atoms with van der Waals surface area (Å²) in [5.41, 5.74) is 2.24. The Hall–Kier alpha value is -1.88. The lowest BCUT2D eigenvalue weighted by molar-refractivity contribution is -0.136. The van der Waals surface area contributed by atoms with Crippen molar-refractivity contribution in [2.75, 3.05) is 13.7 Å². The Morgan fingerprint density at radius 1 is 1.30 bits per heavy atom. The molecule has 1 aromatic carbocycles. The molecule has 1 amide bonds. The molecule has 2 rings (SSSR count). The molecule has 1 aliphatic heterocycles. The van der Waals surface area contributed by atoms with E-state index >= 15 is 0 Å². The van der Waals surface area contributed by atoms with Gasteiger partial charge >= 0.3 is 5.97 Å². The van der Waals surface area contributed by atoms with Crippen molar-refractivity contribution >= 4 is 33.9 Å². The standard InChI is InChI=1S/C18H20BrNO3/c1-11(2)10-20-12(3)16(18(22)23-4)15(17(20)21)9-13-5-7-14(19)8-6-13/h5-9,11H,10H2,1-4H3/b15-9-. The molecule has 0 bridgehead atoms. The second-order valence-corrected chi connectivity index (χ2v) is 6.79. The second kappa shape index (κ2) is 7.13. The van der Waals surface area contributed by atoms with Crippen LogP contribution in [0.5, 0.6) is 0 Å². The molecule has 1 aliphatic rings. The topological polar surface area (TPSA) is 46.6 Å². The lowest BCUT2D eigenvalue weighted by atomic mass is 10.0. The monoisotopic (exact) mass is 377 g/mol. The third kappa shape index (κ3) is 3.72. The summed E-state index contributed by atoms with van der Waals surface area (Å²) in [6.07, 6.45) is 1.74. The van der Waals surface area contributed by atoms with E-state index in [-0.39, 0.29) is 5.91 Å². The van der Waals surface area contributed by atoms with Crippen molar-refractivity contribution < 1.29 is 14.3 Å². The fourth-order valence-corrected chi connectivity index (χ4v) is 2.80. The van der Waals surface area contributed by atoms with Crippen LogP contribution >= 0.6 is 15.9 Å². The molecule has 0 unspecified atom stereocenters. The first-order chi connectivity index (χ1) is 10.8. The van der Waals surface area contributed by atoms with Gasteiger partial charge in [0.1, 0.15) is 0 Å². The quantitative estimate of drug-likeness (QED) is 0.592. The average Bonchev–Trinajstić information content (AvgIpc) is 2.73. The Labute approximate surface area is 144 Å². The number of ether oxygens (including phenoxy) is 1. The molecule has 1 aromatic rings. The van der Waals surface area contributed by atoms with E-state index in [1.165, 1.54) is 7.11 Å². The van der Waals surface area contributed by atoms with Gasteiger partial charge in [-0.3, -0.25) is 4.79 Å². The molecule has 0 spiro atoms. The van der Waals surface area contributed by atoms with E-state index < -0.39 is 5.97 Å². The zero-order chi connectivity index (χ0) is 17.1. The van der Waals surface area contributed by atoms with Crippen LogP contribution in [-0.2, 0) is 14.3 Å². The number of allylic oxidation sites excluding steroid dienone is 1. The third-order valence-corrected chi connectivity index (χ3v) is 4.16. The summed E-state index contributed by atoms with van der Waals surface area (Å²) >= 11 is 3.38. The maximum absolute atomic E-state index is 12.8. The van der Waals surface area contributed by atoms with Gasteiger partial charge in [-0.2, -0.15) is 0 Å². The predicted octanol–water partition coefficient (Wildman–Crippen LogP) is 3.78. The van der Waals surface area contributed by atoms with Gasteiger partial charge in [-0.15, -0.1) is 0 Å². The Balaban J connectivity index is 2.49. The summed E-state index contributed by atoms with van der Waals surface area (Å²) < 4.78 is 5.83. The van der Waals surface area contributed by atoms with Crippen molar-refractivity contribution in [2.45, 2.75) is 20.8 Å². The number of methoxy groups -OCH3 is 1. The van der Waals surface area contributed by atoms with E-state index in [4.69, 9.17) is 4.74 Å². The summed E-state index contributed by atoms with van der Waals surface area (Å²) in [6.45, 7) is 6.43. The Morgan fingerprint density at radius 3 is 2.43 bits per heavy atom. The Morgan fingerprint density at radius 2 is 1.91 bits per heavy atom. The fourth-order valence-electron chi connectivity index (χ4n) is 2.54. The minimum absolute atomic E-state index is 0.153. The molecule has 0 aliphatic carbocycles. The van der Waals surface area contributed by atoms with Crippen LogP contribution in [0.15, 0.2) is 45.6 Å². The molecule has 23 heavy (non-hydrogen) atoms. The van der Waals surface area contributed by atoms with Crippen LogP contribution < -0.4 is 0 Å². The van der Waals surface area contributed by atoms with E-state index in [1.807, 2.05) is 38.1 Å². The molecule has 0 fully saturated rings. The van der Waals surface area contributed by atoms with Gasteiger partial charge in [0.2, 0.25) is 0 Å². The van der Waals surface area contributed by atoms with Crippen LogP contribution in [-0.4, -0.2) is 30.4 Å². The summed E-state index contributed by atoms with van der Waals surface area (Å²) in [5.74, 6) is -0.329. The van der Waals surface area contributed by atoms with Crippen LogP contribution in [0.2, 0.25) is 0 Å². The molecule has 4 nitrogen and oxygen atoms in total. The van der Waals surface area contributed by atoms with Gasteiger partial charge in [-0.05, 0) is 36.6 Å². The molecule has 0 saturated heterocycles. The number of benzene rings is 1. The number of hydrogen-bond acceptors (Lipinski definition) is 3. The van der Waals surface area contributed by atoms with Gasteiger partial charge in [0.25, 0.3) is 5.91 Å². The highest BCUT2D eigenvalue weighted by atomic mass is 79.9. The third-order valence-electron chi connectivity index (χ3n) is 3.63. The zero-order valence-corrected chi connectivity index (χ0v) is 15.3. The first-order valence-electron chi connectivity index (χ1n) is 7.43. The minimum Gasteiger partial charge on any atom is -0.465 e. The van der Waals surface area contributed by atoms with E-state index in [9.17, 15) is 9.59 Å². The van der Waals surface area contributed by atoms with Gasteiger partial charge < -0.3 is 9.64 Å². The maximum Gasteiger partial charge on any atom is 0.340 e. The van der Waals surface area contributed by atoms with Gasteiger partial charge in [0, 0.05) is 16.7 Å². The molecule has 0 N–H and O–H groups in total. The van der Waals surface area contributed by atoms with Crippen LogP contribution in [0, 0.1) is 5.92 Å². The van der Waals surface area contributed by atoms with E-state index in [1.54, 1.807) is 17.9 Å². The number of hydrogen-bond donors (Lipinski definition) is 0. The highest BCUT2D eigenvalue weighted by molar-refractivity contribution is 9.10. The molecule has 5 heteroatoms. The highest BCUT2D eigenvalue weighted by Gasteiger charge is 2.36. The first-order valence-corrected chi connectivity index (χ1v) is 8.23. The molecule has 1 heterocycles. The summed E-state index contributed by atoms with van der Waals surface area (Å²) in [7, 11) is 1.33. The van der Waals surface area contributed by atoms with Crippen molar-refractivity contribution in [1.82, 2.24) is 4.90 Å². The smallest absolute Gasteiger partial charge is 0.340 e. The summed E-state index contributed by atoms with van der Waals surface area (Å²) in [6, 6.07) is 7.57. The first kappa shape index (κ1) is 17.5. The largest absolute Gasteiger partial charge is 0.465 e. The van der Waals surface area contributed by atoms with Gasteiger partial charge in [-0.1, -0.05) is 41.9 Å². The number of amides is 1. The number of rotatable bonds is 4. The lowest BCUT2D eigenvalue weighted by Crippen LogP contribution is -2.28. The maximum atomic E-state index is 12.8. The van der Waals surface area contributed by atoms with Gasteiger partial charge in [-0.25, -0.2) is 4.79 Å². The molecule has 0 radical (unpaired) electrons. The highest BCUT2D eigenvalue weighted by Crippen LogP contribution is 2.32. The molecule has 0 atom stereocenters. The van der Waals surface area contributed by atoms with Gasteiger partial charge in [0.15, 0.2) is 0 Å². The van der Waals surface area contributed by atoms with E-state index in [0.29, 0.717) is 29.3 Å². The molecular weight excluding hydrogens is 358 g/mol. The van der Waals surface area contributed by atoms with Gasteiger partial charge in [0.05, 0.1) is 18.3 Å². The number of nitrogens with zero attached hydrogens (tertiary/aromatic N) is 1. The molecule has 0 saturated carbocycles. The fraction of sp³-hybridized carbons (Fsp3) is 0.333. The second-order valence-electron chi connectivity index (χ2n) is 5.87. The molecule has 122 valence electrons. The normalized spacial score (nSPS) is 16.7. The predicted molar refractivity (Wildman–Crippen MR) is 93.4 cm³/mol. The summed E-state index contributed by atoms with van der Waals surface area (Å²) in [5, 5.41) is 0. The van der Waals surface area contributed by atoms with Crippen LogP contribution in [0.1, 0.15) is 26.3 Å². The number of halogens is 1. The van der Waals surface area contributed by atoms with Crippen molar-refractivity contribution in [3.63, 3.8) is 0 Å². The average molecular weight is 378 g/mol. The van der Waals surface area contributed by atoms with Crippen molar-refractivity contribution in [2.24, 2.45) is 5.92 Å². The molecular formula is C18H20BrNO3. The van der Waals surface area contributed by atoms with Crippen LogP contribution in [0.4, 0.5) is 0 Å². The van der Waals surface area contributed by atoms with Crippen LogP contribution in [0.3, 0.4) is 0 Å². The molecule has 0 aromatic heterocycles. The Bertz CT molecular complexity index is 687. The number of carbonyl (C=O) groups excluding carboxylic acids is 2.